The highest BCUT2D eigenvalue weighted by Gasteiger charge is 2.13. The number of guanidine groups is 1. The van der Waals surface area contributed by atoms with Crippen LogP contribution in [0.1, 0.15) is 47.1 Å². The van der Waals surface area contributed by atoms with Crippen molar-refractivity contribution in [3.8, 4) is 5.75 Å². The molecule has 1 aromatic rings. The van der Waals surface area contributed by atoms with Crippen molar-refractivity contribution < 1.29 is 4.74 Å². The number of benzene rings is 1. The summed E-state index contributed by atoms with van der Waals surface area (Å²) in [5, 5.41) is 3.12. The monoisotopic (exact) mass is 291 g/mol. The van der Waals surface area contributed by atoms with Gasteiger partial charge in [-0.25, -0.2) is 4.99 Å². The van der Waals surface area contributed by atoms with E-state index in [9.17, 15) is 0 Å². The Hall–Kier alpha value is -1.71. The molecule has 0 amide bonds. The summed E-state index contributed by atoms with van der Waals surface area (Å²) in [6.07, 6.45) is 0. The van der Waals surface area contributed by atoms with E-state index >= 15 is 0 Å². The van der Waals surface area contributed by atoms with Crippen molar-refractivity contribution in [1.29, 1.82) is 0 Å². The van der Waals surface area contributed by atoms with E-state index in [2.05, 4.69) is 43.2 Å². The third-order valence-corrected chi connectivity index (χ3v) is 2.85. The first-order chi connectivity index (χ1) is 9.58. The van der Waals surface area contributed by atoms with Gasteiger partial charge in [-0.3, -0.25) is 0 Å². The average Bonchev–Trinajstić information content (AvgIpc) is 2.32. The molecular formula is C17H29N3O. The molecule has 21 heavy (non-hydrogen) atoms. The zero-order valence-corrected chi connectivity index (χ0v) is 14.2. The summed E-state index contributed by atoms with van der Waals surface area (Å²) < 4.78 is 5.73. The molecule has 0 radical (unpaired) electrons. The first kappa shape index (κ1) is 17.3. The second-order valence-corrected chi connectivity index (χ2v) is 7.27. The first-order valence-corrected chi connectivity index (χ1v) is 7.39. The van der Waals surface area contributed by atoms with E-state index in [1.807, 2.05) is 32.9 Å². The third-order valence-electron chi connectivity index (χ3n) is 2.85. The van der Waals surface area contributed by atoms with Crippen LogP contribution in [0.5, 0.6) is 5.75 Å². The van der Waals surface area contributed by atoms with E-state index in [4.69, 9.17) is 10.5 Å². The molecule has 0 atom stereocenters. The zero-order chi connectivity index (χ0) is 16.1. The number of nitrogens with two attached hydrogens (primary N) is 1. The van der Waals surface area contributed by atoms with Crippen molar-refractivity contribution >= 4 is 5.96 Å². The van der Waals surface area contributed by atoms with Crippen molar-refractivity contribution in [2.45, 2.75) is 52.5 Å². The molecule has 4 nitrogen and oxygen atoms in total. The number of nitrogens with zero attached hydrogens (tertiary/aromatic N) is 1. The van der Waals surface area contributed by atoms with Gasteiger partial charge in [-0.15, -0.1) is 0 Å². The fourth-order valence-electron chi connectivity index (χ4n) is 1.81. The van der Waals surface area contributed by atoms with E-state index in [0.29, 0.717) is 19.1 Å². The van der Waals surface area contributed by atoms with Crippen molar-refractivity contribution in [1.82, 2.24) is 5.32 Å². The van der Waals surface area contributed by atoms with Crippen molar-refractivity contribution in [2.24, 2.45) is 10.7 Å². The van der Waals surface area contributed by atoms with Gasteiger partial charge in [0, 0.05) is 5.54 Å². The zero-order valence-electron chi connectivity index (χ0n) is 14.2. The highest BCUT2D eigenvalue weighted by atomic mass is 16.5. The molecule has 118 valence electrons. The molecular weight excluding hydrogens is 262 g/mol. The van der Waals surface area contributed by atoms with Gasteiger partial charge >= 0.3 is 0 Å². The molecule has 0 bridgehead atoms. The van der Waals surface area contributed by atoms with E-state index in [-0.39, 0.29) is 11.0 Å². The van der Waals surface area contributed by atoms with Crippen LogP contribution in [0.4, 0.5) is 0 Å². The molecule has 0 saturated heterocycles. The van der Waals surface area contributed by atoms with Crippen LogP contribution in [0.25, 0.3) is 0 Å². The molecule has 0 fully saturated rings. The lowest BCUT2D eigenvalue weighted by Gasteiger charge is -2.21. The Bertz CT molecular complexity index is 482. The predicted octanol–water partition coefficient (Wildman–Crippen LogP) is 3.07. The van der Waals surface area contributed by atoms with Crippen molar-refractivity contribution in [3.63, 3.8) is 0 Å². The molecule has 4 heteroatoms. The number of nitrogens with one attached hydrogen (secondary N) is 1. The lowest BCUT2D eigenvalue weighted by Crippen LogP contribution is -2.45. The van der Waals surface area contributed by atoms with Crippen LogP contribution in [0.15, 0.2) is 29.3 Å². The number of aliphatic imine (C=N–C) groups is 1. The highest BCUT2D eigenvalue weighted by Crippen LogP contribution is 2.25. The Morgan fingerprint density at radius 3 is 2.43 bits per heavy atom. The lowest BCUT2D eigenvalue weighted by atomic mass is 9.87. The van der Waals surface area contributed by atoms with Gasteiger partial charge in [-0.2, -0.15) is 0 Å². The molecule has 0 heterocycles. The largest absolute Gasteiger partial charge is 0.492 e. The second-order valence-electron chi connectivity index (χ2n) is 7.27. The summed E-state index contributed by atoms with van der Waals surface area (Å²) in [7, 11) is 0. The number of ether oxygens (including phenoxy) is 1. The second kappa shape index (κ2) is 6.83. The van der Waals surface area contributed by atoms with Crippen LogP contribution >= 0.6 is 0 Å². The summed E-state index contributed by atoms with van der Waals surface area (Å²) in [6, 6.07) is 8.20. The molecule has 0 aliphatic carbocycles. The molecule has 0 aliphatic rings. The summed E-state index contributed by atoms with van der Waals surface area (Å²) in [6.45, 7) is 13.8. The van der Waals surface area contributed by atoms with E-state index in [1.165, 1.54) is 5.56 Å². The highest BCUT2D eigenvalue weighted by molar-refractivity contribution is 5.78. The van der Waals surface area contributed by atoms with Crippen LogP contribution in [-0.2, 0) is 5.41 Å². The minimum atomic E-state index is -0.0739. The Kier molecular flexibility index (Phi) is 5.64. The quantitative estimate of drug-likeness (QED) is 0.509. The first-order valence-electron chi connectivity index (χ1n) is 7.39. The van der Waals surface area contributed by atoms with Gasteiger partial charge in [0.05, 0.1) is 6.54 Å². The van der Waals surface area contributed by atoms with Crippen LogP contribution in [0.3, 0.4) is 0 Å². The van der Waals surface area contributed by atoms with Crippen LogP contribution in [0.2, 0.25) is 0 Å². The fraction of sp³-hybridized carbons (Fsp3) is 0.588. The maximum atomic E-state index is 5.80. The summed E-state index contributed by atoms with van der Waals surface area (Å²) in [4.78, 5) is 4.25. The summed E-state index contributed by atoms with van der Waals surface area (Å²) >= 11 is 0. The van der Waals surface area contributed by atoms with Gasteiger partial charge in [-0.1, -0.05) is 32.9 Å². The molecule has 0 aromatic heterocycles. The smallest absolute Gasteiger partial charge is 0.189 e. The van der Waals surface area contributed by atoms with Gasteiger partial charge in [0.2, 0.25) is 0 Å². The fourth-order valence-corrected chi connectivity index (χ4v) is 1.81. The van der Waals surface area contributed by atoms with Gasteiger partial charge in [-0.05, 0) is 43.9 Å². The van der Waals surface area contributed by atoms with Crippen LogP contribution < -0.4 is 15.8 Å². The van der Waals surface area contributed by atoms with Gasteiger partial charge in [0.25, 0.3) is 0 Å². The Labute approximate surface area is 128 Å². The van der Waals surface area contributed by atoms with Gasteiger partial charge in [0.1, 0.15) is 12.4 Å². The minimum Gasteiger partial charge on any atom is -0.492 e. The summed E-state index contributed by atoms with van der Waals surface area (Å²) in [5.41, 5.74) is 7.11. The average molecular weight is 291 g/mol. The van der Waals surface area contributed by atoms with Crippen molar-refractivity contribution in [3.05, 3.63) is 29.8 Å². The van der Waals surface area contributed by atoms with Crippen LogP contribution in [-0.4, -0.2) is 24.7 Å². The Morgan fingerprint density at radius 1 is 1.19 bits per heavy atom. The molecule has 0 aliphatic heterocycles. The SMILES string of the molecule is CC(C)(C)NC(N)=NCCOc1cccc(C(C)(C)C)c1. The molecule has 3 N–H and O–H groups in total. The molecule has 0 unspecified atom stereocenters. The molecule has 1 rings (SSSR count). The van der Waals surface area contributed by atoms with Gasteiger partial charge < -0.3 is 15.8 Å². The maximum Gasteiger partial charge on any atom is 0.189 e. The Morgan fingerprint density at radius 2 is 1.86 bits per heavy atom. The molecule has 0 saturated carbocycles. The van der Waals surface area contributed by atoms with E-state index in [0.717, 1.165) is 5.75 Å². The Balaban J connectivity index is 2.48. The van der Waals surface area contributed by atoms with E-state index in [1.54, 1.807) is 0 Å². The van der Waals surface area contributed by atoms with Crippen LogP contribution in [0, 0.1) is 0 Å². The molecule has 0 spiro atoms. The lowest BCUT2D eigenvalue weighted by molar-refractivity contribution is 0.327. The number of hydrogen-bond donors (Lipinski definition) is 2. The normalized spacial score (nSPS) is 13.1. The number of rotatable bonds is 4. The maximum absolute atomic E-state index is 5.80. The topological polar surface area (TPSA) is 59.6 Å². The number of hydrogen-bond acceptors (Lipinski definition) is 2. The minimum absolute atomic E-state index is 0.0739. The third kappa shape index (κ3) is 7.02. The van der Waals surface area contributed by atoms with E-state index < -0.39 is 0 Å². The summed E-state index contributed by atoms with van der Waals surface area (Å²) in [5.74, 6) is 1.33. The predicted molar refractivity (Wildman–Crippen MR) is 90.0 cm³/mol. The van der Waals surface area contributed by atoms with Crippen molar-refractivity contribution in [2.75, 3.05) is 13.2 Å². The standard InChI is InChI=1S/C17H29N3O/c1-16(2,3)13-8-7-9-14(12-13)21-11-10-19-15(18)20-17(4,5)6/h7-9,12H,10-11H2,1-6H3,(H3,18,19,20). The van der Waals surface area contributed by atoms with Gasteiger partial charge in [0.15, 0.2) is 5.96 Å². The molecule has 1 aromatic carbocycles.